The average Bonchev–Trinajstić information content (AvgIpc) is 2.67. The maximum absolute atomic E-state index is 5.65. The lowest BCUT2D eigenvalue weighted by Gasteiger charge is -2.04. The molecule has 4 N–H and O–H groups in total. The number of rotatable bonds is 3. The van der Waals surface area contributed by atoms with Gasteiger partial charge in [0.15, 0.2) is 0 Å². The lowest BCUT2D eigenvalue weighted by atomic mass is 10.3. The minimum atomic E-state index is 0.726. The zero-order chi connectivity index (χ0) is 9.80. The molecule has 1 aromatic carbocycles. The molecular formula is C10H12N4. The summed E-state index contributed by atoms with van der Waals surface area (Å²) in [5.74, 6) is 0. The van der Waals surface area contributed by atoms with Gasteiger partial charge in [0.05, 0.1) is 12.2 Å². The Labute approximate surface area is 82.1 Å². The fourth-order valence-electron chi connectivity index (χ4n) is 1.23. The van der Waals surface area contributed by atoms with Gasteiger partial charge in [-0.1, -0.05) is 6.07 Å². The SMILES string of the molecule is Nc1cccc(NCc2ccn[nH]2)c1. The number of hydrogen-bond donors (Lipinski definition) is 3. The Hall–Kier alpha value is -1.97. The molecule has 0 radical (unpaired) electrons. The molecule has 0 unspecified atom stereocenters. The van der Waals surface area contributed by atoms with E-state index in [0.717, 1.165) is 23.6 Å². The predicted octanol–water partition coefficient (Wildman–Crippen LogP) is 1.60. The third-order valence-corrected chi connectivity index (χ3v) is 1.93. The van der Waals surface area contributed by atoms with Gasteiger partial charge in [-0.25, -0.2) is 0 Å². The molecule has 0 bridgehead atoms. The van der Waals surface area contributed by atoms with Gasteiger partial charge in [0.1, 0.15) is 0 Å². The van der Waals surface area contributed by atoms with Crippen molar-refractivity contribution in [1.29, 1.82) is 0 Å². The molecule has 0 atom stereocenters. The van der Waals surface area contributed by atoms with Crippen LogP contribution in [0.25, 0.3) is 0 Å². The van der Waals surface area contributed by atoms with Crippen LogP contribution in [0.5, 0.6) is 0 Å². The zero-order valence-electron chi connectivity index (χ0n) is 7.70. The van der Waals surface area contributed by atoms with Crippen LogP contribution in [0.3, 0.4) is 0 Å². The van der Waals surface area contributed by atoms with Crippen molar-refractivity contribution in [2.45, 2.75) is 6.54 Å². The highest BCUT2D eigenvalue weighted by Gasteiger charge is 1.94. The van der Waals surface area contributed by atoms with Crippen molar-refractivity contribution < 1.29 is 0 Å². The van der Waals surface area contributed by atoms with Crippen LogP contribution in [-0.4, -0.2) is 10.2 Å². The molecule has 0 saturated heterocycles. The van der Waals surface area contributed by atoms with E-state index in [1.54, 1.807) is 6.20 Å². The van der Waals surface area contributed by atoms with Crippen molar-refractivity contribution in [2.24, 2.45) is 0 Å². The molecule has 0 amide bonds. The highest BCUT2D eigenvalue weighted by Crippen LogP contribution is 2.12. The van der Waals surface area contributed by atoms with Crippen LogP contribution in [0, 0.1) is 0 Å². The molecule has 0 fully saturated rings. The van der Waals surface area contributed by atoms with E-state index < -0.39 is 0 Å². The summed E-state index contributed by atoms with van der Waals surface area (Å²) in [6, 6.07) is 9.59. The molecule has 72 valence electrons. The lowest BCUT2D eigenvalue weighted by molar-refractivity contribution is 0.981. The molecule has 1 aromatic heterocycles. The van der Waals surface area contributed by atoms with E-state index in [4.69, 9.17) is 5.73 Å². The predicted molar refractivity (Wildman–Crippen MR) is 56.8 cm³/mol. The molecule has 4 heteroatoms. The first kappa shape index (κ1) is 8.62. The van der Waals surface area contributed by atoms with Gasteiger partial charge in [0, 0.05) is 17.6 Å². The number of nitrogens with two attached hydrogens (primary N) is 1. The fourth-order valence-corrected chi connectivity index (χ4v) is 1.23. The first-order chi connectivity index (χ1) is 6.84. The van der Waals surface area contributed by atoms with Crippen molar-refractivity contribution in [3.05, 3.63) is 42.2 Å². The number of H-pyrrole nitrogens is 1. The molecule has 14 heavy (non-hydrogen) atoms. The number of aromatic amines is 1. The summed E-state index contributed by atoms with van der Waals surface area (Å²) in [7, 11) is 0. The topological polar surface area (TPSA) is 66.7 Å². The Morgan fingerprint density at radius 3 is 3.00 bits per heavy atom. The second kappa shape index (κ2) is 3.83. The molecule has 0 saturated carbocycles. The van der Waals surface area contributed by atoms with Crippen LogP contribution >= 0.6 is 0 Å². The highest BCUT2D eigenvalue weighted by molar-refractivity contribution is 5.54. The van der Waals surface area contributed by atoms with E-state index in [9.17, 15) is 0 Å². The van der Waals surface area contributed by atoms with Gasteiger partial charge < -0.3 is 11.1 Å². The molecule has 4 nitrogen and oxygen atoms in total. The molecule has 0 spiro atoms. The maximum Gasteiger partial charge on any atom is 0.0567 e. The summed E-state index contributed by atoms with van der Waals surface area (Å²) >= 11 is 0. The van der Waals surface area contributed by atoms with Crippen LogP contribution in [0.1, 0.15) is 5.69 Å². The van der Waals surface area contributed by atoms with Crippen LogP contribution < -0.4 is 11.1 Å². The van der Waals surface area contributed by atoms with Crippen molar-refractivity contribution in [2.75, 3.05) is 11.1 Å². The van der Waals surface area contributed by atoms with Gasteiger partial charge in [-0.15, -0.1) is 0 Å². The van der Waals surface area contributed by atoms with Gasteiger partial charge in [0.2, 0.25) is 0 Å². The Kier molecular flexibility index (Phi) is 2.36. The Morgan fingerprint density at radius 2 is 2.29 bits per heavy atom. The maximum atomic E-state index is 5.65. The van der Waals surface area contributed by atoms with Crippen LogP contribution in [0.2, 0.25) is 0 Å². The van der Waals surface area contributed by atoms with Crippen LogP contribution in [-0.2, 0) is 6.54 Å². The van der Waals surface area contributed by atoms with Crippen molar-refractivity contribution >= 4 is 11.4 Å². The monoisotopic (exact) mass is 188 g/mol. The molecular weight excluding hydrogens is 176 g/mol. The minimum absolute atomic E-state index is 0.726. The van der Waals surface area contributed by atoms with Gasteiger partial charge in [-0.2, -0.15) is 5.10 Å². The first-order valence-corrected chi connectivity index (χ1v) is 4.42. The van der Waals surface area contributed by atoms with Crippen LogP contribution in [0.4, 0.5) is 11.4 Å². The number of hydrogen-bond acceptors (Lipinski definition) is 3. The summed E-state index contributed by atoms with van der Waals surface area (Å²) in [5, 5.41) is 9.98. The van der Waals surface area contributed by atoms with E-state index in [2.05, 4.69) is 15.5 Å². The van der Waals surface area contributed by atoms with Gasteiger partial charge in [0.25, 0.3) is 0 Å². The van der Waals surface area contributed by atoms with Crippen molar-refractivity contribution in [3.63, 3.8) is 0 Å². The second-order valence-electron chi connectivity index (χ2n) is 3.06. The smallest absolute Gasteiger partial charge is 0.0567 e. The van der Waals surface area contributed by atoms with E-state index in [-0.39, 0.29) is 0 Å². The highest BCUT2D eigenvalue weighted by atomic mass is 15.1. The van der Waals surface area contributed by atoms with Gasteiger partial charge in [-0.3, -0.25) is 5.10 Å². The number of nitrogen functional groups attached to an aromatic ring is 1. The second-order valence-corrected chi connectivity index (χ2v) is 3.06. The molecule has 0 aliphatic carbocycles. The molecule has 2 rings (SSSR count). The standard InChI is InChI=1S/C10H12N4/c11-8-2-1-3-9(6-8)12-7-10-4-5-13-14-10/h1-6,12H,7,11H2,(H,13,14). The Balaban J connectivity index is 1.98. The quantitative estimate of drug-likeness (QED) is 0.641. The first-order valence-electron chi connectivity index (χ1n) is 4.42. The molecule has 2 aromatic rings. The average molecular weight is 188 g/mol. The minimum Gasteiger partial charge on any atom is -0.399 e. The number of benzene rings is 1. The zero-order valence-corrected chi connectivity index (χ0v) is 7.70. The van der Waals surface area contributed by atoms with E-state index >= 15 is 0 Å². The molecule has 0 aliphatic heterocycles. The number of aromatic nitrogens is 2. The largest absolute Gasteiger partial charge is 0.399 e. The Morgan fingerprint density at radius 1 is 1.36 bits per heavy atom. The van der Waals surface area contributed by atoms with E-state index in [0.29, 0.717) is 0 Å². The normalized spacial score (nSPS) is 10.0. The summed E-state index contributed by atoms with van der Waals surface area (Å²) < 4.78 is 0. The fraction of sp³-hybridized carbons (Fsp3) is 0.100. The molecule has 1 heterocycles. The third-order valence-electron chi connectivity index (χ3n) is 1.93. The number of nitrogens with zero attached hydrogens (tertiary/aromatic N) is 1. The Bertz CT molecular complexity index is 394. The molecule has 0 aliphatic rings. The summed E-state index contributed by atoms with van der Waals surface area (Å²) in [5.41, 5.74) is 8.47. The van der Waals surface area contributed by atoms with Crippen LogP contribution in [0.15, 0.2) is 36.5 Å². The van der Waals surface area contributed by atoms with Crippen molar-refractivity contribution in [1.82, 2.24) is 10.2 Å². The lowest BCUT2D eigenvalue weighted by Crippen LogP contribution is -2.00. The van der Waals surface area contributed by atoms with Crippen molar-refractivity contribution in [3.8, 4) is 0 Å². The van der Waals surface area contributed by atoms with Gasteiger partial charge in [-0.05, 0) is 24.3 Å². The van der Waals surface area contributed by atoms with E-state index in [1.165, 1.54) is 0 Å². The third kappa shape index (κ3) is 2.04. The number of anilines is 2. The summed E-state index contributed by atoms with van der Waals surface area (Å²) in [4.78, 5) is 0. The van der Waals surface area contributed by atoms with E-state index in [1.807, 2.05) is 30.3 Å². The summed E-state index contributed by atoms with van der Waals surface area (Å²) in [6.07, 6.45) is 1.73. The number of nitrogens with one attached hydrogen (secondary N) is 2. The summed E-state index contributed by atoms with van der Waals surface area (Å²) in [6.45, 7) is 0.726. The van der Waals surface area contributed by atoms with Gasteiger partial charge >= 0.3 is 0 Å².